The predicted octanol–water partition coefficient (Wildman–Crippen LogP) is 1.91. The first-order chi connectivity index (χ1) is 13.8. The molecule has 29 heavy (non-hydrogen) atoms. The molecule has 1 aromatic carbocycles. The Kier molecular flexibility index (Phi) is 5.62. The van der Waals surface area contributed by atoms with Gasteiger partial charge in [-0.15, -0.1) is 0 Å². The van der Waals surface area contributed by atoms with Crippen LogP contribution < -0.4 is 15.0 Å². The molecule has 0 saturated carbocycles. The minimum Gasteiger partial charge on any atom is -0.497 e. The first-order valence-corrected chi connectivity index (χ1v) is 8.88. The maximum atomic E-state index is 12.7. The molecule has 3 aromatic rings. The number of fused-ring (bicyclic) bond motifs is 1. The molecule has 0 radical (unpaired) electrons. The molecule has 0 bridgehead atoms. The van der Waals surface area contributed by atoms with Crippen LogP contribution in [0.2, 0.25) is 0 Å². The summed E-state index contributed by atoms with van der Waals surface area (Å²) in [5, 5.41) is 7.84. The lowest BCUT2D eigenvalue weighted by atomic mass is 10.2. The van der Waals surface area contributed by atoms with Crippen LogP contribution >= 0.6 is 0 Å². The summed E-state index contributed by atoms with van der Waals surface area (Å²) in [5.41, 5.74) is 1.05. The molecular weight excluding hydrogens is 372 g/mol. The van der Waals surface area contributed by atoms with E-state index in [2.05, 4.69) is 25.4 Å². The van der Waals surface area contributed by atoms with Crippen LogP contribution in [-0.2, 0) is 7.05 Å². The lowest BCUT2D eigenvalue weighted by Gasteiger charge is -2.11. The highest BCUT2D eigenvalue weighted by Crippen LogP contribution is 2.31. The van der Waals surface area contributed by atoms with Crippen molar-refractivity contribution in [1.82, 2.24) is 24.6 Å². The number of amides is 1. The van der Waals surface area contributed by atoms with Crippen LogP contribution in [-0.4, -0.2) is 72.2 Å². The number of nitrogens with zero attached hydrogens (tertiary/aromatic N) is 7. The van der Waals surface area contributed by atoms with Crippen molar-refractivity contribution in [2.24, 2.45) is 12.0 Å². The van der Waals surface area contributed by atoms with Gasteiger partial charge in [0.05, 0.1) is 13.4 Å². The van der Waals surface area contributed by atoms with Gasteiger partial charge in [0, 0.05) is 40.8 Å². The Balaban J connectivity index is 2.06. The molecule has 0 aliphatic carbocycles. The van der Waals surface area contributed by atoms with E-state index in [0.717, 1.165) is 0 Å². The number of nitrogens with one attached hydrogen (secondary N) is 1. The second-order valence-electron chi connectivity index (χ2n) is 6.80. The number of ether oxygens (including phenoxy) is 1. The number of hydrogen-bond donors (Lipinski definition) is 1. The number of anilines is 2. The summed E-state index contributed by atoms with van der Waals surface area (Å²) >= 11 is 0. The molecule has 3 rings (SSSR count). The van der Waals surface area contributed by atoms with E-state index in [0.29, 0.717) is 39.9 Å². The highest BCUT2D eigenvalue weighted by Gasteiger charge is 2.20. The fourth-order valence-corrected chi connectivity index (χ4v) is 2.59. The van der Waals surface area contributed by atoms with Crippen molar-refractivity contribution in [3.8, 4) is 5.75 Å². The summed E-state index contributed by atoms with van der Waals surface area (Å²) in [4.78, 5) is 29.8. The Morgan fingerprint density at radius 2 is 1.86 bits per heavy atom. The number of hydrogen-bond acceptors (Lipinski definition) is 7. The van der Waals surface area contributed by atoms with Crippen molar-refractivity contribution in [1.29, 1.82) is 0 Å². The van der Waals surface area contributed by atoms with Gasteiger partial charge in [0.25, 0.3) is 5.91 Å². The largest absolute Gasteiger partial charge is 0.497 e. The first kappa shape index (κ1) is 20.1. The number of carbonyl (C=O) groups excluding carboxylic acids is 1. The normalized spacial score (nSPS) is 11.1. The van der Waals surface area contributed by atoms with Crippen LogP contribution in [0.1, 0.15) is 10.4 Å². The van der Waals surface area contributed by atoms with Crippen molar-refractivity contribution >= 4 is 40.9 Å². The molecule has 10 heteroatoms. The Labute approximate surface area is 168 Å². The van der Waals surface area contributed by atoms with Crippen LogP contribution in [0, 0.1) is 0 Å². The molecule has 1 amide bonds. The van der Waals surface area contributed by atoms with Crippen molar-refractivity contribution < 1.29 is 9.53 Å². The van der Waals surface area contributed by atoms with E-state index in [4.69, 9.17) is 4.74 Å². The lowest BCUT2D eigenvalue weighted by Crippen LogP contribution is -2.14. The summed E-state index contributed by atoms with van der Waals surface area (Å²) in [6.07, 6.45) is 1.64. The lowest BCUT2D eigenvalue weighted by molar-refractivity contribution is 0.102. The third-order valence-electron chi connectivity index (χ3n) is 4.05. The summed E-state index contributed by atoms with van der Waals surface area (Å²) in [6, 6.07) is 6.82. The van der Waals surface area contributed by atoms with E-state index in [1.165, 1.54) is 0 Å². The van der Waals surface area contributed by atoms with Gasteiger partial charge in [-0.05, 0) is 24.3 Å². The number of rotatable bonds is 6. The first-order valence-electron chi connectivity index (χ1n) is 8.88. The standard InChI is InChI=1S/C19H24N8O2/c1-25(2)11-20-15-14-16(21-18(28)12-7-9-13(29-6)10-8-12)24-27(5)17(14)23-19(22-15)26(3)4/h7-11H,1-6H3,(H,21,24,28)/b20-11+. The van der Waals surface area contributed by atoms with Gasteiger partial charge < -0.3 is 19.9 Å². The smallest absolute Gasteiger partial charge is 0.256 e. The zero-order valence-electron chi connectivity index (χ0n) is 17.3. The number of aromatic nitrogens is 4. The SMILES string of the molecule is COc1ccc(C(=O)Nc2nn(C)c3nc(N(C)C)nc(/N=C/N(C)C)c23)cc1. The number of aliphatic imine (C=N–C) groups is 1. The molecule has 2 heterocycles. The van der Waals surface area contributed by atoms with E-state index >= 15 is 0 Å². The Morgan fingerprint density at radius 3 is 2.45 bits per heavy atom. The van der Waals surface area contributed by atoms with Crippen molar-refractivity contribution in [3.05, 3.63) is 29.8 Å². The Bertz CT molecular complexity index is 1050. The molecule has 1 N–H and O–H groups in total. The Hall–Kier alpha value is -3.69. The van der Waals surface area contributed by atoms with Gasteiger partial charge in [-0.25, -0.2) is 9.67 Å². The van der Waals surface area contributed by atoms with E-state index in [9.17, 15) is 4.79 Å². The summed E-state index contributed by atoms with van der Waals surface area (Å²) < 4.78 is 6.73. The van der Waals surface area contributed by atoms with E-state index in [-0.39, 0.29) is 5.91 Å². The molecule has 0 spiro atoms. The van der Waals surface area contributed by atoms with Crippen LogP contribution in [0.25, 0.3) is 11.0 Å². The van der Waals surface area contributed by atoms with Gasteiger partial charge in [0.15, 0.2) is 17.3 Å². The zero-order chi connectivity index (χ0) is 21.1. The van der Waals surface area contributed by atoms with Gasteiger partial charge in [0.2, 0.25) is 5.95 Å². The van der Waals surface area contributed by atoms with Gasteiger partial charge in [0.1, 0.15) is 11.1 Å². The van der Waals surface area contributed by atoms with Crippen molar-refractivity contribution in [2.45, 2.75) is 0 Å². The molecule has 0 aliphatic rings. The van der Waals surface area contributed by atoms with E-state index in [1.807, 2.05) is 28.2 Å². The maximum Gasteiger partial charge on any atom is 0.256 e. The van der Waals surface area contributed by atoms with Crippen LogP contribution in [0.4, 0.5) is 17.6 Å². The monoisotopic (exact) mass is 396 g/mol. The highest BCUT2D eigenvalue weighted by molar-refractivity contribution is 6.09. The molecule has 0 fully saturated rings. The maximum absolute atomic E-state index is 12.7. The van der Waals surface area contributed by atoms with E-state index in [1.54, 1.807) is 59.2 Å². The summed E-state index contributed by atoms with van der Waals surface area (Å²) in [7, 11) is 10.8. The molecule has 0 unspecified atom stereocenters. The minimum atomic E-state index is -0.299. The van der Waals surface area contributed by atoms with Gasteiger partial charge in [-0.3, -0.25) is 4.79 Å². The van der Waals surface area contributed by atoms with Crippen LogP contribution in [0.3, 0.4) is 0 Å². The second-order valence-corrected chi connectivity index (χ2v) is 6.80. The fraction of sp³-hybridized carbons (Fsp3) is 0.316. The van der Waals surface area contributed by atoms with E-state index < -0.39 is 0 Å². The van der Waals surface area contributed by atoms with Gasteiger partial charge in [-0.2, -0.15) is 15.1 Å². The van der Waals surface area contributed by atoms with Crippen molar-refractivity contribution in [3.63, 3.8) is 0 Å². The molecule has 0 atom stereocenters. The molecule has 0 saturated heterocycles. The third-order valence-corrected chi connectivity index (χ3v) is 4.05. The molecule has 0 aliphatic heterocycles. The average molecular weight is 396 g/mol. The van der Waals surface area contributed by atoms with Gasteiger partial charge in [-0.1, -0.05) is 0 Å². The topological polar surface area (TPSA) is 101 Å². The summed E-state index contributed by atoms with van der Waals surface area (Å²) in [5.74, 6) is 1.64. The minimum absolute atomic E-state index is 0.299. The molecule has 2 aromatic heterocycles. The quantitative estimate of drug-likeness (QED) is 0.502. The molecule has 10 nitrogen and oxygen atoms in total. The highest BCUT2D eigenvalue weighted by atomic mass is 16.5. The van der Waals surface area contributed by atoms with Crippen LogP contribution in [0.5, 0.6) is 5.75 Å². The number of carbonyl (C=O) groups is 1. The number of methoxy groups -OCH3 is 1. The number of aryl methyl sites for hydroxylation is 1. The fourth-order valence-electron chi connectivity index (χ4n) is 2.59. The van der Waals surface area contributed by atoms with Gasteiger partial charge >= 0.3 is 0 Å². The number of benzene rings is 1. The Morgan fingerprint density at radius 1 is 1.17 bits per heavy atom. The van der Waals surface area contributed by atoms with Crippen molar-refractivity contribution in [2.75, 3.05) is 45.5 Å². The second kappa shape index (κ2) is 8.13. The summed E-state index contributed by atoms with van der Waals surface area (Å²) in [6.45, 7) is 0. The third kappa shape index (κ3) is 4.26. The predicted molar refractivity (Wildman–Crippen MR) is 113 cm³/mol. The zero-order valence-corrected chi connectivity index (χ0v) is 17.3. The molecule has 152 valence electrons. The average Bonchev–Trinajstić information content (AvgIpc) is 3.01. The molecular formula is C19H24N8O2. The van der Waals surface area contributed by atoms with Crippen LogP contribution in [0.15, 0.2) is 29.3 Å².